The predicted octanol–water partition coefficient (Wildman–Crippen LogP) is 3.25. The normalized spacial score (nSPS) is 15.3. The first-order valence-corrected chi connectivity index (χ1v) is 12.3. The summed E-state index contributed by atoms with van der Waals surface area (Å²) in [6, 6.07) is 7.58. The van der Waals surface area contributed by atoms with E-state index in [1.807, 2.05) is 25.1 Å². The van der Waals surface area contributed by atoms with Gasteiger partial charge in [0, 0.05) is 24.0 Å². The average molecular weight is 444 g/mol. The molecule has 4 aromatic rings. The minimum absolute atomic E-state index is 0.126. The summed E-state index contributed by atoms with van der Waals surface area (Å²) < 4.78 is 31.2. The van der Waals surface area contributed by atoms with Crippen LogP contribution in [0.4, 0.5) is 5.82 Å². The molecular weight excluding hydrogens is 422 g/mol. The molecule has 4 heterocycles. The van der Waals surface area contributed by atoms with Gasteiger partial charge >= 0.3 is 0 Å². The first kappa shape index (κ1) is 19.4. The van der Waals surface area contributed by atoms with E-state index in [1.165, 1.54) is 11.3 Å². The van der Waals surface area contributed by atoms with Gasteiger partial charge in [0.2, 0.25) is 0 Å². The fourth-order valence-electron chi connectivity index (χ4n) is 3.71. The molecule has 0 saturated carbocycles. The van der Waals surface area contributed by atoms with Gasteiger partial charge in [-0.05, 0) is 18.6 Å². The van der Waals surface area contributed by atoms with E-state index >= 15 is 0 Å². The first-order valence-electron chi connectivity index (χ1n) is 9.86. The van der Waals surface area contributed by atoms with Gasteiger partial charge in [-0.1, -0.05) is 19.1 Å². The molecule has 0 bridgehead atoms. The topological polar surface area (TPSA) is 101 Å². The van der Waals surface area contributed by atoms with Crippen LogP contribution in [0.5, 0.6) is 0 Å². The zero-order valence-electron chi connectivity index (χ0n) is 16.5. The average Bonchev–Trinajstić information content (AvgIpc) is 3.40. The van der Waals surface area contributed by atoms with Crippen LogP contribution in [-0.2, 0) is 14.6 Å². The minimum Gasteiger partial charge on any atom is -0.378 e. The van der Waals surface area contributed by atoms with E-state index in [4.69, 9.17) is 14.7 Å². The molecule has 1 aliphatic rings. The SMILES string of the molecule is CCCS(=O)(=O)c1cc2c(N3CCOCC3)nc(-c3cccc4[nH]ncc34)nc2s1. The number of benzene rings is 1. The number of nitrogens with one attached hydrogen (secondary N) is 1. The number of sulfone groups is 1. The van der Waals surface area contributed by atoms with Crippen molar-refractivity contribution < 1.29 is 13.2 Å². The van der Waals surface area contributed by atoms with Crippen LogP contribution in [0.2, 0.25) is 0 Å². The van der Waals surface area contributed by atoms with Gasteiger partial charge in [-0.3, -0.25) is 5.10 Å². The van der Waals surface area contributed by atoms with Gasteiger partial charge in [-0.25, -0.2) is 18.4 Å². The molecular formula is C20H21N5O3S2. The van der Waals surface area contributed by atoms with Crippen molar-refractivity contribution in [3.63, 3.8) is 0 Å². The number of thiophene rings is 1. The number of nitrogens with zero attached hydrogens (tertiary/aromatic N) is 4. The highest BCUT2D eigenvalue weighted by Gasteiger charge is 2.24. The highest BCUT2D eigenvalue weighted by Crippen LogP contribution is 2.37. The summed E-state index contributed by atoms with van der Waals surface area (Å²) in [7, 11) is -3.33. The summed E-state index contributed by atoms with van der Waals surface area (Å²) in [4.78, 5) is 12.5. The molecule has 3 aromatic heterocycles. The number of morpholine rings is 1. The van der Waals surface area contributed by atoms with Gasteiger partial charge in [0.1, 0.15) is 14.9 Å². The summed E-state index contributed by atoms with van der Waals surface area (Å²) >= 11 is 1.22. The van der Waals surface area contributed by atoms with Gasteiger partial charge < -0.3 is 9.64 Å². The van der Waals surface area contributed by atoms with Gasteiger partial charge in [-0.15, -0.1) is 11.3 Å². The molecule has 1 N–H and O–H groups in total. The minimum atomic E-state index is -3.33. The molecule has 10 heteroatoms. The molecule has 1 aromatic carbocycles. The number of fused-ring (bicyclic) bond motifs is 2. The molecule has 0 amide bonds. The zero-order chi connectivity index (χ0) is 20.7. The Kier molecular flexibility index (Phi) is 4.92. The summed E-state index contributed by atoms with van der Waals surface area (Å²) in [6.45, 7) is 4.50. The van der Waals surface area contributed by atoms with Crippen molar-refractivity contribution in [1.82, 2.24) is 20.2 Å². The van der Waals surface area contributed by atoms with Crippen LogP contribution in [0.15, 0.2) is 34.7 Å². The Morgan fingerprint density at radius 2 is 2.03 bits per heavy atom. The van der Waals surface area contributed by atoms with E-state index in [9.17, 15) is 8.42 Å². The number of hydrogen-bond donors (Lipinski definition) is 1. The van der Waals surface area contributed by atoms with Crippen LogP contribution in [0.1, 0.15) is 13.3 Å². The summed E-state index contributed by atoms with van der Waals surface area (Å²) in [5.74, 6) is 1.45. The Labute approximate surface area is 177 Å². The molecule has 30 heavy (non-hydrogen) atoms. The lowest BCUT2D eigenvalue weighted by Gasteiger charge is -2.28. The number of aromatic amines is 1. The Bertz CT molecular complexity index is 1320. The third-order valence-electron chi connectivity index (χ3n) is 5.17. The Hall–Kier alpha value is -2.56. The Morgan fingerprint density at radius 1 is 1.20 bits per heavy atom. The van der Waals surface area contributed by atoms with Crippen molar-refractivity contribution in [2.45, 2.75) is 17.6 Å². The molecule has 0 atom stereocenters. The van der Waals surface area contributed by atoms with Crippen LogP contribution in [0.25, 0.3) is 32.5 Å². The van der Waals surface area contributed by atoms with Gasteiger partial charge in [0.05, 0.1) is 36.1 Å². The maximum atomic E-state index is 12.7. The number of rotatable bonds is 5. The Morgan fingerprint density at radius 3 is 2.83 bits per heavy atom. The highest BCUT2D eigenvalue weighted by atomic mass is 32.2. The van der Waals surface area contributed by atoms with E-state index in [0.717, 1.165) is 27.7 Å². The van der Waals surface area contributed by atoms with Crippen LogP contribution >= 0.6 is 11.3 Å². The fourth-order valence-corrected chi connectivity index (χ4v) is 6.50. The summed E-state index contributed by atoms with van der Waals surface area (Å²) in [5.41, 5.74) is 1.77. The van der Waals surface area contributed by atoms with Gasteiger partial charge in [0.25, 0.3) is 0 Å². The number of ether oxygens (including phenoxy) is 1. The molecule has 5 rings (SSSR count). The molecule has 0 radical (unpaired) electrons. The lowest BCUT2D eigenvalue weighted by Crippen LogP contribution is -2.37. The van der Waals surface area contributed by atoms with Crippen molar-refractivity contribution in [3.8, 4) is 11.4 Å². The summed E-state index contributed by atoms with van der Waals surface area (Å²) in [5, 5.41) is 8.82. The third kappa shape index (κ3) is 3.34. The van der Waals surface area contributed by atoms with E-state index in [1.54, 1.807) is 12.3 Å². The van der Waals surface area contributed by atoms with Crippen molar-refractivity contribution in [2.24, 2.45) is 0 Å². The van der Waals surface area contributed by atoms with Crippen LogP contribution < -0.4 is 4.90 Å². The summed E-state index contributed by atoms with van der Waals surface area (Å²) in [6.07, 6.45) is 2.34. The number of aromatic nitrogens is 4. The van der Waals surface area contributed by atoms with Crippen LogP contribution in [0.3, 0.4) is 0 Å². The second-order valence-electron chi connectivity index (χ2n) is 7.21. The first-order chi connectivity index (χ1) is 14.6. The van der Waals surface area contributed by atoms with Gasteiger partial charge in [0.15, 0.2) is 15.7 Å². The standard InChI is InChI=1S/C20H21N5O3S2/c1-2-10-30(26,27)17-11-14-19(25-6-8-28-9-7-25)22-18(23-20(14)29-17)13-4-3-5-16-15(13)12-21-24-16/h3-5,11-12H,2,6-10H2,1H3,(H,21,24). The quantitative estimate of drug-likeness (QED) is 0.505. The van der Waals surface area contributed by atoms with E-state index in [0.29, 0.717) is 47.6 Å². The van der Waals surface area contributed by atoms with Crippen LogP contribution in [0, 0.1) is 0 Å². The predicted molar refractivity (Wildman–Crippen MR) is 118 cm³/mol. The Balaban J connectivity index is 1.73. The smallest absolute Gasteiger partial charge is 0.187 e. The largest absolute Gasteiger partial charge is 0.378 e. The maximum Gasteiger partial charge on any atom is 0.187 e. The van der Waals surface area contributed by atoms with Gasteiger partial charge in [-0.2, -0.15) is 5.10 Å². The molecule has 1 saturated heterocycles. The number of anilines is 1. The fraction of sp³-hybridized carbons (Fsp3) is 0.350. The van der Waals surface area contributed by atoms with Crippen molar-refractivity contribution in [1.29, 1.82) is 0 Å². The maximum absolute atomic E-state index is 12.7. The number of H-pyrrole nitrogens is 1. The number of hydrogen-bond acceptors (Lipinski definition) is 8. The zero-order valence-corrected chi connectivity index (χ0v) is 18.1. The molecule has 1 aliphatic heterocycles. The highest BCUT2D eigenvalue weighted by molar-refractivity contribution is 7.93. The lowest BCUT2D eigenvalue weighted by atomic mass is 10.1. The lowest BCUT2D eigenvalue weighted by molar-refractivity contribution is 0.122. The molecule has 8 nitrogen and oxygen atoms in total. The van der Waals surface area contributed by atoms with Crippen LogP contribution in [-0.4, -0.2) is 60.6 Å². The third-order valence-corrected chi connectivity index (χ3v) is 8.68. The van der Waals surface area contributed by atoms with Crippen molar-refractivity contribution in [2.75, 3.05) is 37.0 Å². The van der Waals surface area contributed by atoms with Crippen molar-refractivity contribution in [3.05, 3.63) is 30.5 Å². The molecule has 0 unspecified atom stereocenters. The van der Waals surface area contributed by atoms with Crippen molar-refractivity contribution >= 4 is 48.1 Å². The van der Waals surface area contributed by atoms with E-state index in [-0.39, 0.29) is 5.75 Å². The van der Waals surface area contributed by atoms with E-state index in [2.05, 4.69) is 15.1 Å². The second-order valence-corrected chi connectivity index (χ2v) is 10.6. The van der Waals surface area contributed by atoms with E-state index < -0.39 is 9.84 Å². The molecule has 1 fully saturated rings. The second kappa shape index (κ2) is 7.60. The molecule has 0 aliphatic carbocycles. The molecule has 156 valence electrons. The monoisotopic (exact) mass is 443 g/mol. The molecule has 0 spiro atoms.